The molecule has 0 spiro atoms. The molecule has 0 aliphatic carbocycles. The van der Waals surface area contributed by atoms with Gasteiger partial charge in [0.05, 0.1) is 10.6 Å². The Hall–Kier alpha value is -2.21. The van der Waals surface area contributed by atoms with Crippen molar-refractivity contribution in [2.45, 2.75) is 6.92 Å². The number of thiophene rings is 1. The van der Waals surface area contributed by atoms with Gasteiger partial charge in [0, 0.05) is 12.3 Å². The minimum Gasteiger partial charge on any atom is -0.476 e. The summed E-state index contributed by atoms with van der Waals surface area (Å²) in [4.78, 5) is 16.1. The highest BCUT2D eigenvalue weighted by atomic mass is 32.1. The fraction of sp³-hybridized carbons (Fsp3) is 0.0833. The lowest BCUT2D eigenvalue weighted by atomic mass is 10.2. The van der Waals surface area contributed by atoms with Gasteiger partial charge in [-0.2, -0.15) is 5.10 Å². The molecule has 0 fully saturated rings. The molecule has 0 amide bonds. The van der Waals surface area contributed by atoms with Crippen molar-refractivity contribution in [2.75, 3.05) is 0 Å². The third-order valence-corrected chi connectivity index (χ3v) is 3.71. The summed E-state index contributed by atoms with van der Waals surface area (Å²) >= 11 is 1.60. The van der Waals surface area contributed by atoms with Crippen LogP contribution in [0.15, 0.2) is 29.8 Å². The van der Waals surface area contributed by atoms with Gasteiger partial charge in [-0.15, -0.1) is 11.3 Å². The Kier molecular flexibility index (Phi) is 2.38. The normalized spacial score (nSPS) is 10.9. The lowest BCUT2D eigenvalue weighted by Gasteiger charge is -2.02. The largest absolute Gasteiger partial charge is 0.476 e. The van der Waals surface area contributed by atoms with E-state index in [2.05, 4.69) is 10.1 Å². The summed E-state index contributed by atoms with van der Waals surface area (Å²) in [5.74, 6) is -1.05. The van der Waals surface area contributed by atoms with Gasteiger partial charge in [0.15, 0.2) is 11.3 Å². The lowest BCUT2D eigenvalue weighted by molar-refractivity contribution is 0.0690. The lowest BCUT2D eigenvalue weighted by Crippen LogP contribution is -1.99. The standard InChI is InChI=1S/C12H9N3O2S/c1-7-3-5-18-11(7)9-2-4-13-10-6-8(12(16)17)14-15(9)10/h2-6H,1H3,(H,16,17). The molecule has 0 saturated heterocycles. The van der Waals surface area contributed by atoms with Crippen LogP contribution in [0.25, 0.3) is 16.2 Å². The molecular formula is C12H9N3O2S. The van der Waals surface area contributed by atoms with Gasteiger partial charge < -0.3 is 5.11 Å². The van der Waals surface area contributed by atoms with E-state index in [1.165, 1.54) is 6.07 Å². The first-order valence-electron chi connectivity index (χ1n) is 5.29. The number of fused-ring (bicyclic) bond motifs is 1. The molecule has 3 heterocycles. The minimum absolute atomic E-state index is 0.00385. The third-order valence-electron chi connectivity index (χ3n) is 2.67. The number of hydrogen-bond donors (Lipinski definition) is 1. The molecule has 0 radical (unpaired) electrons. The topological polar surface area (TPSA) is 67.5 Å². The quantitative estimate of drug-likeness (QED) is 0.767. The highest BCUT2D eigenvalue weighted by molar-refractivity contribution is 7.13. The van der Waals surface area contributed by atoms with Crippen LogP contribution >= 0.6 is 11.3 Å². The van der Waals surface area contributed by atoms with Gasteiger partial charge in [0.2, 0.25) is 0 Å². The monoisotopic (exact) mass is 259 g/mol. The van der Waals surface area contributed by atoms with Gasteiger partial charge in [-0.3, -0.25) is 0 Å². The van der Waals surface area contributed by atoms with E-state index in [0.717, 1.165) is 16.1 Å². The second-order valence-corrected chi connectivity index (χ2v) is 4.78. The SMILES string of the molecule is Cc1ccsc1-c1ccnc2cc(C(=O)O)nn12. The summed E-state index contributed by atoms with van der Waals surface area (Å²) in [7, 11) is 0. The molecule has 0 unspecified atom stereocenters. The Balaban J connectivity index is 2.30. The summed E-state index contributed by atoms with van der Waals surface area (Å²) in [6.45, 7) is 2.01. The molecule has 3 aromatic heterocycles. The van der Waals surface area contributed by atoms with E-state index in [4.69, 9.17) is 5.11 Å². The zero-order valence-electron chi connectivity index (χ0n) is 9.49. The summed E-state index contributed by atoms with van der Waals surface area (Å²) in [6, 6.07) is 5.33. The van der Waals surface area contributed by atoms with E-state index >= 15 is 0 Å². The molecule has 5 nitrogen and oxygen atoms in total. The van der Waals surface area contributed by atoms with Gasteiger partial charge in [-0.1, -0.05) is 0 Å². The summed E-state index contributed by atoms with van der Waals surface area (Å²) in [5.41, 5.74) is 2.54. The van der Waals surface area contributed by atoms with Crippen LogP contribution in [0.4, 0.5) is 0 Å². The van der Waals surface area contributed by atoms with Crippen molar-refractivity contribution in [3.8, 4) is 10.6 Å². The molecule has 3 rings (SSSR count). The van der Waals surface area contributed by atoms with Crippen molar-refractivity contribution in [1.82, 2.24) is 14.6 Å². The molecule has 3 aromatic rings. The van der Waals surface area contributed by atoms with E-state index in [1.807, 2.05) is 24.4 Å². The number of carboxylic acid groups (broad SMARTS) is 1. The van der Waals surface area contributed by atoms with Crippen molar-refractivity contribution in [1.29, 1.82) is 0 Å². The fourth-order valence-corrected chi connectivity index (χ4v) is 2.74. The Morgan fingerprint density at radius 1 is 1.44 bits per heavy atom. The van der Waals surface area contributed by atoms with Crippen molar-refractivity contribution in [3.63, 3.8) is 0 Å². The number of nitrogens with zero attached hydrogens (tertiary/aromatic N) is 3. The zero-order valence-corrected chi connectivity index (χ0v) is 10.3. The fourth-order valence-electron chi connectivity index (χ4n) is 1.81. The molecule has 6 heteroatoms. The van der Waals surface area contributed by atoms with E-state index in [0.29, 0.717) is 5.65 Å². The van der Waals surface area contributed by atoms with Crippen molar-refractivity contribution >= 4 is 23.0 Å². The van der Waals surface area contributed by atoms with E-state index < -0.39 is 5.97 Å². The number of carboxylic acids is 1. The second-order valence-electron chi connectivity index (χ2n) is 3.87. The third kappa shape index (κ3) is 1.58. The summed E-state index contributed by atoms with van der Waals surface area (Å²) in [5, 5.41) is 15.0. The molecule has 0 atom stereocenters. The Morgan fingerprint density at radius 3 is 2.94 bits per heavy atom. The van der Waals surface area contributed by atoms with Crippen LogP contribution in [0.2, 0.25) is 0 Å². The second kappa shape index (κ2) is 3.92. The predicted octanol–water partition coefficient (Wildman–Crippen LogP) is 2.46. The first-order valence-corrected chi connectivity index (χ1v) is 6.17. The van der Waals surface area contributed by atoms with Gasteiger partial charge in [-0.25, -0.2) is 14.3 Å². The van der Waals surface area contributed by atoms with Crippen LogP contribution in [0, 0.1) is 6.92 Å². The van der Waals surface area contributed by atoms with Gasteiger partial charge in [0.25, 0.3) is 0 Å². The van der Waals surface area contributed by atoms with Crippen LogP contribution < -0.4 is 0 Å². The maximum absolute atomic E-state index is 10.9. The number of carbonyl (C=O) groups is 1. The van der Waals surface area contributed by atoms with Crippen LogP contribution in [0.5, 0.6) is 0 Å². The summed E-state index contributed by atoms with van der Waals surface area (Å²) in [6.07, 6.45) is 1.66. The van der Waals surface area contributed by atoms with Crippen LogP contribution in [-0.2, 0) is 0 Å². The van der Waals surface area contributed by atoms with E-state index in [-0.39, 0.29) is 5.69 Å². The minimum atomic E-state index is -1.05. The molecule has 0 aromatic carbocycles. The smallest absolute Gasteiger partial charge is 0.356 e. The van der Waals surface area contributed by atoms with E-state index in [1.54, 1.807) is 22.0 Å². The number of aryl methyl sites for hydroxylation is 1. The van der Waals surface area contributed by atoms with Gasteiger partial charge in [0.1, 0.15) is 0 Å². The molecule has 1 N–H and O–H groups in total. The highest BCUT2D eigenvalue weighted by Crippen LogP contribution is 2.28. The van der Waals surface area contributed by atoms with Crippen LogP contribution in [-0.4, -0.2) is 25.7 Å². The molecule has 90 valence electrons. The van der Waals surface area contributed by atoms with Crippen molar-refractivity contribution < 1.29 is 9.90 Å². The van der Waals surface area contributed by atoms with Crippen LogP contribution in [0.1, 0.15) is 16.1 Å². The van der Waals surface area contributed by atoms with E-state index in [9.17, 15) is 4.79 Å². The first-order chi connectivity index (χ1) is 8.66. The molecule has 0 saturated carbocycles. The molecule has 0 aliphatic rings. The molecule has 0 aliphatic heterocycles. The van der Waals surface area contributed by atoms with Gasteiger partial charge >= 0.3 is 5.97 Å². The molecular weight excluding hydrogens is 250 g/mol. The Bertz CT molecular complexity index is 745. The molecule has 18 heavy (non-hydrogen) atoms. The number of aromatic nitrogens is 3. The number of hydrogen-bond acceptors (Lipinski definition) is 4. The maximum Gasteiger partial charge on any atom is 0.356 e. The molecule has 0 bridgehead atoms. The Labute approximate surface area is 106 Å². The Morgan fingerprint density at radius 2 is 2.28 bits per heavy atom. The van der Waals surface area contributed by atoms with Crippen LogP contribution in [0.3, 0.4) is 0 Å². The summed E-state index contributed by atoms with van der Waals surface area (Å²) < 4.78 is 1.57. The number of aromatic carboxylic acids is 1. The number of rotatable bonds is 2. The van der Waals surface area contributed by atoms with Gasteiger partial charge in [-0.05, 0) is 30.0 Å². The first kappa shape index (κ1) is 10.9. The predicted molar refractivity (Wildman–Crippen MR) is 68.0 cm³/mol. The van der Waals surface area contributed by atoms with Crippen molar-refractivity contribution in [3.05, 3.63) is 41.0 Å². The van der Waals surface area contributed by atoms with Crippen molar-refractivity contribution in [2.24, 2.45) is 0 Å². The maximum atomic E-state index is 10.9. The highest BCUT2D eigenvalue weighted by Gasteiger charge is 2.14. The zero-order chi connectivity index (χ0) is 12.7. The average molecular weight is 259 g/mol. The average Bonchev–Trinajstić information content (AvgIpc) is 2.94.